The van der Waals surface area contributed by atoms with Crippen molar-refractivity contribution in [3.63, 3.8) is 0 Å². The van der Waals surface area contributed by atoms with Crippen LogP contribution in [0.3, 0.4) is 0 Å². The van der Waals surface area contributed by atoms with Crippen LogP contribution in [-0.4, -0.2) is 51.1 Å². The van der Waals surface area contributed by atoms with E-state index in [4.69, 9.17) is 10.5 Å². The van der Waals surface area contributed by atoms with Crippen molar-refractivity contribution >= 4 is 10.2 Å². The molecule has 1 rings (SSSR count). The molecule has 3 N–H and O–H groups in total. The monoisotopic (exact) mass is 251 g/mol. The molecule has 1 saturated heterocycles. The number of nitrogens with one attached hydrogen (secondary N) is 1. The zero-order chi connectivity index (χ0) is 12.2. The molecule has 16 heavy (non-hydrogen) atoms. The number of hydrogen-bond acceptors (Lipinski definition) is 4. The van der Waals surface area contributed by atoms with Crippen LogP contribution in [-0.2, 0) is 14.9 Å². The van der Waals surface area contributed by atoms with Crippen LogP contribution in [0.2, 0.25) is 0 Å². The Balaban J connectivity index is 2.64. The average Bonchev–Trinajstić information content (AvgIpc) is 2.25. The average molecular weight is 251 g/mol. The van der Waals surface area contributed by atoms with Crippen molar-refractivity contribution in [3.8, 4) is 0 Å². The lowest BCUT2D eigenvalue weighted by Crippen LogP contribution is -2.54. The van der Waals surface area contributed by atoms with Crippen LogP contribution in [0.5, 0.6) is 0 Å². The van der Waals surface area contributed by atoms with Crippen LogP contribution in [0.15, 0.2) is 0 Å². The zero-order valence-electron chi connectivity index (χ0n) is 9.85. The van der Waals surface area contributed by atoms with E-state index in [9.17, 15) is 8.42 Å². The van der Waals surface area contributed by atoms with Crippen LogP contribution in [0, 0.1) is 0 Å². The van der Waals surface area contributed by atoms with Gasteiger partial charge in [0.25, 0.3) is 10.2 Å². The van der Waals surface area contributed by atoms with Crippen LogP contribution < -0.4 is 10.5 Å². The fourth-order valence-electron chi connectivity index (χ4n) is 1.65. The van der Waals surface area contributed by atoms with Gasteiger partial charge < -0.3 is 10.5 Å². The second-order valence-electron chi connectivity index (χ2n) is 4.02. The molecule has 0 aromatic heterocycles. The minimum absolute atomic E-state index is 0.111. The minimum atomic E-state index is -3.37. The van der Waals surface area contributed by atoms with E-state index in [0.29, 0.717) is 26.2 Å². The predicted octanol–water partition coefficient (Wildman–Crippen LogP) is -0.721. The summed E-state index contributed by atoms with van der Waals surface area (Å²) in [5.74, 6) is 0. The molecule has 0 aromatic rings. The van der Waals surface area contributed by atoms with Crippen molar-refractivity contribution in [2.24, 2.45) is 5.73 Å². The summed E-state index contributed by atoms with van der Waals surface area (Å²) in [6, 6.07) is 0. The van der Waals surface area contributed by atoms with Gasteiger partial charge in [0.2, 0.25) is 0 Å². The first-order valence-electron chi connectivity index (χ1n) is 5.59. The smallest absolute Gasteiger partial charge is 0.279 e. The first-order chi connectivity index (χ1) is 7.49. The molecule has 0 radical (unpaired) electrons. The van der Waals surface area contributed by atoms with Gasteiger partial charge in [0.15, 0.2) is 0 Å². The van der Waals surface area contributed by atoms with Crippen molar-refractivity contribution in [3.05, 3.63) is 0 Å². The highest BCUT2D eigenvalue weighted by Crippen LogP contribution is 2.13. The van der Waals surface area contributed by atoms with Crippen LogP contribution in [0.1, 0.15) is 20.3 Å². The highest BCUT2D eigenvalue weighted by molar-refractivity contribution is 7.87. The normalized spacial score (nSPS) is 28.2. The Bertz CT molecular complexity index is 307. The van der Waals surface area contributed by atoms with Gasteiger partial charge in [-0.2, -0.15) is 12.7 Å². The molecular formula is C9H21N3O3S. The van der Waals surface area contributed by atoms with Crippen LogP contribution in [0.25, 0.3) is 0 Å². The summed E-state index contributed by atoms with van der Waals surface area (Å²) >= 11 is 0. The Morgan fingerprint density at radius 2 is 2.19 bits per heavy atom. The summed E-state index contributed by atoms with van der Waals surface area (Å²) in [5.41, 5.74) is 5.50. The molecular weight excluding hydrogens is 230 g/mol. The number of rotatable bonds is 5. The molecule has 1 fully saturated rings. The molecule has 1 heterocycles. The molecule has 6 nitrogen and oxygen atoms in total. The fraction of sp³-hybridized carbons (Fsp3) is 1.00. The maximum Gasteiger partial charge on any atom is 0.279 e. The Labute approximate surface area is 97.3 Å². The maximum absolute atomic E-state index is 11.9. The zero-order valence-corrected chi connectivity index (χ0v) is 10.7. The quantitative estimate of drug-likeness (QED) is 0.675. The molecule has 2 atom stereocenters. The Morgan fingerprint density at radius 3 is 2.75 bits per heavy atom. The van der Waals surface area contributed by atoms with Gasteiger partial charge in [0, 0.05) is 26.2 Å². The number of nitrogens with zero attached hydrogens (tertiary/aromatic N) is 1. The molecule has 0 aliphatic carbocycles. The number of morpholine rings is 1. The lowest BCUT2D eigenvalue weighted by molar-refractivity contribution is -0.0489. The van der Waals surface area contributed by atoms with Gasteiger partial charge in [0.1, 0.15) is 0 Å². The van der Waals surface area contributed by atoms with Crippen molar-refractivity contribution in [2.75, 3.05) is 26.2 Å². The lowest BCUT2D eigenvalue weighted by atomic mass is 10.2. The third-order valence-corrected chi connectivity index (χ3v) is 3.98. The second-order valence-corrected chi connectivity index (χ2v) is 5.78. The Morgan fingerprint density at radius 1 is 1.50 bits per heavy atom. The molecule has 0 spiro atoms. The molecule has 0 bridgehead atoms. The van der Waals surface area contributed by atoms with Gasteiger partial charge in [-0.25, -0.2) is 4.72 Å². The van der Waals surface area contributed by atoms with Crippen molar-refractivity contribution in [1.29, 1.82) is 0 Å². The summed E-state index contributed by atoms with van der Waals surface area (Å²) < 4.78 is 33.2. The van der Waals surface area contributed by atoms with Gasteiger partial charge in [-0.1, -0.05) is 6.92 Å². The number of hydrogen-bond donors (Lipinski definition) is 2. The van der Waals surface area contributed by atoms with Gasteiger partial charge in [-0.05, 0) is 13.3 Å². The van der Waals surface area contributed by atoms with Gasteiger partial charge in [0.05, 0.1) is 12.2 Å². The topological polar surface area (TPSA) is 84.7 Å². The number of nitrogens with two attached hydrogens (primary N) is 1. The molecule has 1 aliphatic heterocycles. The van der Waals surface area contributed by atoms with E-state index in [1.165, 1.54) is 4.31 Å². The van der Waals surface area contributed by atoms with E-state index in [0.717, 1.165) is 6.42 Å². The predicted molar refractivity (Wildman–Crippen MR) is 62.2 cm³/mol. The van der Waals surface area contributed by atoms with Crippen molar-refractivity contribution < 1.29 is 13.2 Å². The summed E-state index contributed by atoms with van der Waals surface area (Å²) in [6.07, 6.45) is 0.460. The standard InChI is InChI=1S/C9H21N3O3S/c1-3-4-11-16(13,14)12-6-8(2)15-9(5-10)7-12/h8-9,11H,3-7,10H2,1-2H3. The number of ether oxygens (including phenoxy) is 1. The van der Waals surface area contributed by atoms with Gasteiger partial charge >= 0.3 is 0 Å². The van der Waals surface area contributed by atoms with Crippen molar-refractivity contribution in [1.82, 2.24) is 9.03 Å². The minimum Gasteiger partial charge on any atom is -0.371 e. The summed E-state index contributed by atoms with van der Waals surface area (Å²) in [5, 5.41) is 0. The lowest BCUT2D eigenvalue weighted by Gasteiger charge is -2.35. The molecule has 0 aromatic carbocycles. The molecule has 96 valence electrons. The molecule has 0 amide bonds. The van der Waals surface area contributed by atoms with E-state index in [1.54, 1.807) is 0 Å². The maximum atomic E-state index is 11.9. The summed E-state index contributed by atoms with van der Waals surface area (Å²) in [7, 11) is -3.37. The van der Waals surface area contributed by atoms with E-state index in [2.05, 4.69) is 4.72 Å². The van der Waals surface area contributed by atoms with Gasteiger partial charge in [-0.15, -0.1) is 0 Å². The van der Waals surface area contributed by atoms with Gasteiger partial charge in [-0.3, -0.25) is 0 Å². The third-order valence-electron chi connectivity index (χ3n) is 2.43. The van der Waals surface area contributed by atoms with Crippen LogP contribution in [0.4, 0.5) is 0 Å². The SMILES string of the molecule is CCCNS(=O)(=O)N1CC(C)OC(CN)C1. The highest BCUT2D eigenvalue weighted by atomic mass is 32.2. The van der Waals surface area contributed by atoms with E-state index < -0.39 is 10.2 Å². The fourth-order valence-corrected chi connectivity index (χ4v) is 3.07. The Kier molecular flexibility index (Phi) is 5.13. The third kappa shape index (κ3) is 3.67. The largest absolute Gasteiger partial charge is 0.371 e. The summed E-state index contributed by atoms with van der Waals surface area (Å²) in [6.45, 7) is 5.29. The van der Waals surface area contributed by atoms with Crippen LogP contribution >= 0.6 is 0 Å². The Hall–Kier alpha value is -0.210. The molecule has 2 unspecified atom stereocenters. The van der Waals surface area contributed by atoms with E-state index >= 15 is 0 Å². The van der Waals surface area contributed by atoms with E-state index in [-0.39, 0.29) is 12.2 Å². The first kappa shape index (κ1) is 13.9. The second kappa shape index (κ2) is 5.92. The first-order valence-corrected chi connectivity index (χ1v) is 7.03. The molecule has 1 aliphatic rings. The molecule has 7 heteroatoms. The van der Waals surface area contributed by atoms with Crippen molar-refractivity contribution in [2.45, 2.75) is 32.5 Å². The van der Waals surface area contributed by atoms with E-state index in [1.807, 2.05) is 13.8 Å². The molecule has 0 saturated carbocycles. The highest BCUT2D eigenvalue weighted by Gasteiger charge is 2.31. The summed E-state index contributed by atoms with van der Waals surface area (Å²) in [4.78, 5) is 0.